The molecule has 0 atom stereocenters. The van der Waals surface area contributed by atoms with Crippen molar-refractivity contribution in [2.45, 2.75) is 25.2 Å². The van der Waals surface area contributed by atoms with Gasteiger partial charge < -0.3 is 14.6 Å². The van der Waals surface area contributed by atoms with Crippen LogP contribution in [-0.4, -0.2) is 28.3 Å². The maximum absolute atomic E-state index is 12.2. The van der Waals surface area contributed by atoms with E-state index in [1.165, 1.54) is 11.8 Å². The molecule has 1 aromatic heterocycles. The highest BCUT2D eigenvalue weighted by Crippen LogP contribution is 2.23. The van der Waals surface area contributed by atoms with Crippen LogP contribution < -0.4 is 10.1 Å². The van der Waals surface area contributed by atoms with Gasteiger partial charge in [0, 0.05) is 13.1 Å². The fourth-order valence-corrected chi connectivity index (χ4v) is 3.54. The second kappa shape index (κ2) is 8.07. The monoisotopic (exact) mass is 355 g/mol. The lowest BCUT2D eigenvalue weighted by Gasteiger charge is -2.08. The highest BCUT2D eigenvalue weighted by molar-refractivity contribution is 7.99. The van der Waals surface area contributed by atoms with Crippen LogP contribution in [0.3, 0.4) is 0 Å². The van der Waals surface area contributed by atoms with Gasteiger partial charge in [0.15, 0.2) is 5.16 Å². The van der Waals surface area contributed by atoms with Gasteiger partial charge in [-0.15, -0.1) is 0 Å². The van der Waals surface area contributed by atoms with Gasteiger partial charge >= 0.3 is 0 Å². The molecule has 6 heteroatoms. The Morgan fingerprint density at radius 1 is 1.24 bits per heavy atom. The van der Waals surface area contributed by atoms with Crippen molar-refractivity contribution in [1.82, 2.24) is 14.9 Å². The molecule has 0 aliphatic heterocycles. The quantitative estimate of drug-likeness (QED) is 0.659. The molecule has 0 bridgehead atoms. The average molecular weight is 355 g/mol. The first-order valence-electron chi connectivity index (χ1n) is 8.19. The number of carbonyl (C=O) groups is 1. The molecular formula is C19H21N3O2S. The number of aromatic nitrogens is 2. The number of thioether (sulfide) groups is 1. The minimum atomic E-state index is -0.0115. The van der Waals surface area contributed by atoms with Crippen LogP contribution >= 0.6 is 11.8 Å². The Bertz CT molecular complexity index is 876. The zero-order valence-electron chi connectivity index (χ0n) is 14.4. The van der Waals surface area contributed by atoms with Crippen molar-refractivity contribution in [2.75, 3.05) is 12.9 Å². The van der Waals surface area contributed by atoms with Crippen LogP contribution in [0.2, 0.25) is 0 Å². The lowest BCUT2D eigenvalue weighted by atomic mass is 10.2. The van der Waals surface area contributed by atoms with Gasteiger partial charge in [-0.1, -0.05) is 36.0 Å². The smallest absolute Gasteiger partial charge is 0.230 e. The molecule has 0 aliphatic carbocycles. The van der Waals surface area contributed by atoms with E-state index in [-0.39, 0.29) is 5.91 Å². The fraction of sp³-hybridized carbons (Fsp3) is 0.263. The SMILES string of the molecule is CCn1c(SCC(=O)NCc2cccc(OC)c2)nc2ccccc21. The Balaban J connectivity index is 1.59. The Kier molecular flexibility index (Phi) is 5.60. The van der Waals surface area contributed by atoms with Crippen molar-refractivity contribution in [1.29, 1.82) is 0 Å². The van der Waals surface area contributed by atoms with Crippen LogP contribution in [0.5, 0.6) is 5.75 Å². The van der Waals surface area contributed by atoms with Crippen LogP contribution in [0, 0.1) is 0 Å². The molecule has 0 saturated carbocycles. The molecule has 25 heavy (non-hydrogen) atoms. The van der Waals surface area contributed by atoms with E-state index >= 15 is 0 Å². The van der Waals surface area contributed by atoms with Crippen LogP contribution in [0.1, 0.15) is 12.5 Å². The van der Waals surface area contributed by atoms with E-state index in [9.17, 15) is 4.79 Å². The van der Waals surface area contributed by atoms with Crippen LogP contribution in [-0.2, 0) is 17.9 Å². The molecule has 3 rings (SSSR count). The minimum Gasteiger partial charge on any atom is -0.497 e. The van der Waals surface area contributed by atoms with Crippen molar-refractivity contribution < 1.29 is 9.53 Å². The Hall–Kier alpha value is -2.47. The molecule has 3 aromatic rings. The predicted molar refractivity (Wildman–Crippen MR) is 101 cm³/mol. The Morgan fingerprint density at radius 2 is 2.08 bits per heavy atom. The summed E-state index contributed by atoms with van der Waals surface area (Å²) in [6, 6.07) is 15.7. The average Bonchev–Trinajstić information content (AvgIpc) is 3.02. The third-order valence-electron chi connectivity index (χ3n) is 3.89. The molecule has 1 heterocycles. The van der Waals surface area contributed by atoms with Crippen molar-refractivity contribution in [2.24, 2.45) is 0 Å². The van der Waals surface area contributed by atoms with Gasteiger partial charge in [-0.05, 0) is 36.8 Å². The number of methoxy groups -OCH3 is 1. The largest absolute Gasteiger partial charge is 0.497 e. The summed E-state index contributed by atoms with van der Waals surface area (Å²) in [6.45, 7) is 3.40. The number of nitrogens with zero attached hydrogens (tertiary/aromatic N) is 2. The van der Waals surface area contributed by atoms with Crippen LogP contribution in [0.25, 0.3) is 11.0 Å². The highest BCUT2D eigenvalue weighted by atomic mass is 32.2. The van der Waals surface area contributed by atoms with E-state index < -0.39 is 0 Å². The van der Waals surface area contributed by atoms with Gasteiger partial charge in [0.25, 0.3) is 0 Å². The molecule has 1 amide bonds. The van der Waals surface area contributed by atoms with Gasteiger partial charge in [0.1, 0.15) is 5.75 Å². The summed E-state index contributed by atoms with van der Waals surface area (Å²) >= 11 is 1.46. The number of hydrogen-bond acceptors (Lipinski definition) is 4. The molecule has 2 aromatic carbocycles. The number of fused-ring (bicyclic) bond motifs is 1. The van der Waals surface area contributed by atoms with Crippen molar-refractivity contribution in [3.63, 3.8) is 0 Å². The van der Waals surface area contributed by atoms with E-state index in [0.717, 1.165) is 34.0 Å². The first kappa shape index (κ1) is 17.4. The van der Waals surface area contributed by atoms with Crippen LogP contribution in [0.15, 0.2) is 53.7 Å². The number of hydrogen-bond donors (Lipinski definition) is 1. The number of ether oxygens (including phenoxy) is 1. The normalized spacial score (nSPS) is 10.8. The van der Waals surface area contributed by atoms with E-state index in [0.29, 0.717) is 12.3 Å². The summed E-state index contributed by atoms with van der Waals surface area (Å²) in [5, 5.41) is 3.81. The van der Waals surface area contributed by atoms with Gasteiger partial charge in [-0.3, -0.25) is 4.79 Å². The maximum Gasteiger partial charge on any atom is 0.230 e. The van der Waals surface area contributed by atoms with E-state index in [2.05, 4.69) is 27.9 Å². The van der Waals surface area contributed by atoms with E-state index in [4.69, 9.17) is 4.74 Å². The number of rotatable bonds is 7. The zero-order chi connectivity index (χ0) is 17.6. The maximum atomic E-state index is 12.2. The fourth-order valence-electron chi connectivity index (χ4n) is 2.63. The third-order valence-corrected chi connectivity index (χ3v) is 4.87. The summed E-state index contributed by atoms with van der Waals surface area (Å²) in [5.74, 6) is 1.12. The molecule has 0 spiro atoms. The summed E-state index contributed by atoms with van der Waals surface area (Å²) in [5.41, 5.74) is 3.08. The number of para-hydroxylation sites is 2. The molecule has 130 valence electrons. The lowest BCUT2D eigenvalue weighted by Crippen LogP contribution is -2.24. The number of aryl methyl sites for hydroxylation is 1. The summed E-state index contributed by atoms with van der Waals surface area (Å²) in [4.78, 5) is 16.8. The summed E-state index contributed by atoms with van der Waals surface area (Å²) in [7, 11) is 1.63. The molecule has 0 aliphatic rings. The van der Waals surface area contributed by atoms with Crippen molar-refractivity contribution in [3.8, 4) is 5.75 Å². The van der Waals surface area contributed by atoms with E-state index in [1.807, 2.05) is 42.5 Å². The number of benzene rings is 2. The topological polar surface area (TPSA) is 56.2 Å². The molecule has 5 nitrogen and oxygen atoms in total. The number of amides is 1. The lowest BCUT2D eigenvalue weighted by molar-refractivity contribution is -0.118. The second-order valence-electron chi connectivity index (χ2n) is 5.54. The predicted octanol–water partition coefficient (Wildman–Crippen LogP) is 3.47. The molecule has 0 radical (unpaired) electrons. The number of imidazole rings is 1. The van der Waals surface area contributed by atoms with Gasteiger partial charge in [0.05, 0.1) is 23.9 Å². The summed E-state index contributed by atoms with van der Waals surface area (Å²) in [6.07, 6.45) is 0. The molecular weight excluding hydrogens is 334 g/mol. The number of nitrogens with one attached hydrogen (secondary N) is 1. The first-order chi connectivity index (χ1) is 12.2. The zero-order valence-corrected chi connectivity index (χ0v) is 15.2. The Morgan fingerprint density at radius 3 is 2.88 bits per heavy atom. The first-order valence-corrected chi connectivity index (χ1v) is 9.17. The second-order valence-corrected chi connectivity index (χ2v) is 6.49. The molecule has 1 N–H and O–H groups in total. The minimum absolute atomic E-state index is 0.0115. The number of carbonyl (C=O) groups excluding carboxylic acids is 1. The van der Waals surface area contributed by atoms with Gasteiger partial charge in [-0.2, -0.15) is 0 Å². The molecule has 0 fully saturated rings. The van der Waals surface area contributed by atoms with Crippen LogP contribution in [0.4, 0.5) is 0 Å². The molecule has 0 unspecified atom stereocenters. The third kappa shape index (κ3) is 4.14. The Labute approximate surface area is 151 Å². The highest BCUT2D eigenvalue weighted by Gasteiger charge is 2.11. The van der Waals surface area contributed by atoms with Gasteiger partial charge in [-0.25, -0.2) is 4.98 Å². The van der Waals surface area contributed by atoms with Crippen molar-refractivity contribution >= 4 is 28.7 Å². The van der Waals surface area contributed by atoms with E-state index in [1.54, 1.807) is 7.11 Å². The summed E-state index contributed by atoms with van der Waals surface area (Å²) < 4.78 is 7.33. The van der Waals surface area contributed by atoms with Gasteiger partial charge in [0.2, 0.25) is 5.91 Å². The van der Waals surface area contributed by atoms with Crippen molar-refractivity contribution in [3.05, 3.63) is 54.1 Å². The standard InChI is InChI=1S/C19H21N3O2S/c1-3-22-17-10-5-4-9-16(17)21-19(22)25-13-18(23)20-12-14-7-6-8-15(11-14)24-2/h4-11H,3,12-13H2,1-2H3,(H,20,23). The molecule has 0 saturated heterocycles.